The first-order valence-corrected chi connectivity index (χ1v) is 14.4. The summed E-state index contributed by atoms with van der Waals surface area (Å²) in [5, 5.41) is 1.16. The molecular weight excluding hydrogens is 468 g/mol. The summed E-state index contributed by atoms with van der Waals surface area (Å²) in [7, 11) is 0. The van der Waals surface area contributed by atoms with Crippen LogP contribution < -0.4 is 0 Å². The van der Waals surface area contributed by atoms with Gasteiger partial charge in [0, 0.05) is 34.6 Å². The van der Waals surface area contributed by atoms with Gasteiger partial charge in [0.15, 0.2) is 0 Å². The van der Waals surface area contributed by atoms with Crippen molar-refractivity contribution in [3.63, 3.8) is 0 Å². The molecule has 0 amide bonds. The first-order chi connectivity index (χ1) is 18.3. The molecule has 178 valence electrons. The minimum Gasteiger partial charge on any atom is -0.0892 e. The highest BCUT2D eigenvalue weighted by Crippen LogP contribution is 2.76. The highest BCUT2D eigenvalue weighted by atomic mass is 35.5. The fraction of sp³-hybridized carbons (Fsp3) is 0.278. The Hall–Kier alpha value is -3.09. The van der Waals surface area contributed by atoms with Crippen molar-refractivity contribution in [1.29, 1.82) is 0 Å². The van der Waals surface area contributed by atoms with Crippen LogP contribution in [0.15, 0.2) is 108 Å². The van der Waals surface area contributed by atoms with E-state index in [-0.39, 0.29) is 0 Å². The van der Waals surface area contributed by atoms with Gasteiger partial charge in [-0.2, -0.15) is 0 Å². The van der Waals surface area contributed by atoms with Crippen LogP contribution in [0.1, 0.15) is 68.2 Å². The van der Waals surface area contributed by atoms with Crippen LogP contribution in [-0.2, 0) is 0 Å². The Morgan fingerprint density at radius 2 is 0.649 bits per heavy atom. The second-order valence-corrected chi connectivity index (χ2v) is 12.8. The summed E-state index contributed by atoms with van der Waals surface area (Å²) >= 11 is 7.40. The lowest BCUT2D eigenvalue weighted by Gasteiger charge is -2.68. The summed E-state index contributed by atoms with van der Waals surface area (Å²) in [6, 6.07) is 37.5. The summed E-state index contributed by atoms with van der Waals surface area (Å²) in [6.07, 6.45) is 2.55. The molecule has 37 heavy (non-hydrogen) atoms. The van der Waals surface area contributed by atoms with Crippen molar-refractivity contribution in [2.24, 2.45) is 35.5 Å². The van der Waals surface area contributed by atoms with Crippen molar-refractivity contribution in [3.8, 4) is 0 Å². The van der Waals surface area contributed by atoms with E-state index >= 15 is 0 Å². The summed E-state index contributed by atoms with van der Waals surface area (Å²) in [6.45, 7) is 0. The van der Waals surface area contributed by atoms with Crippen LogP contribution in [0.5, 0.6) is 0 Å². The van der Waals surface area contributed by atoms with Crippen LogP contribution >= 0.6 is 11.6 Å². The van der Waals surface area contributed by atoms with E-state index < -0.39 is 0 Å². The molecule has 13 rings (SSSR count). The highest BCUT2D eigenvalue weighted by Gasteiger charge is 2.68. The first-order valence-electron chi connectivity index (χ1n) is 14.1. The molecule has 6 bridgehead atoms. The Kier molecular flexibility index (Phi) is 3.59. The van der Waals surface area contributed by atoms with E-state index in [1.54, 1.807) is 44.5 Å². The van der Waals surface area contributed by atoms with Crippen molar-refractivity contribution in [2.75, 3.05) is 0 Å². The van der Waals surface area contributed by atoms with Gasteiger partial charge in [-0.15, -0.1) is 0 Å². The van der Waals surface area contributed by atoms with Crippen LogP contribution in [0.3, 0.4) is 0 Å². The van der Waals surface area contributed by atoms with Crippen molar-refractivity contribution in [2.45, 2.75) is 23.7 Å². The molecule has 4 aromatic carbocycles. The zero-order valence-electron chi connectivity index (χ0n) is 20.5. The molecular formula is C36H27Cl. The number of benzene rings is 4. The van der Waals surface area contributed by atoms with Crippen molar-refractivity contribution in [1.82, 2.24) is 0 Å². The van der Waals surface area contributed by atoms with Crippen LogP contribution in [0.25, 0.3) is 0 Å². The van der Waals surface area contributed by atoms with E-state index in [9.17, 15) is 0 Å². The van der Waals surface area contributed by atoms with Gasteiger partial charge in [-0.3, -0.25) is 0 Å². The third-order valence-electron chi connectivity index (χ3n) is 11.5. The van der Waals surface area contributed by atoms with E-state index in [1.807, 2.05) is 0 Å². The molecule has 4 unspecified atom stereocenters. The van der Waals surface area contributed by atoms with Crippen molar-refractivity contribution >= 4 is 11.6 Å². The van der Waals surface area contributed by atoms with Gasteiger partial charge in [0.2, 0.25) is 0 Å². The van der Waals surface area contributed by atoms with Crippen molar-refractivity contribution in [3.05, 3.63) is 153 Å². The lowest BCUT2D eigenvalue weighted by atomic mass is 9.35. The number of allylic oxidation sites excluding steroid dienone is 2. The fourth-order valence-corrected chi connectivity index (χ4v) is 11.2. The number of hydrogen-bond donors (Lipinski definition) is 0. The maximum absolute atomic E-state index is 7.40. The van der Waals surface area contributed by atoms with Gasteiger partial charge >= 0.3 is 0 Å². The molecule has 9 aliphatic rings. The molecule has 0 N–H and O–H groups in total. The SMILES string of the molecule is ClC1=CC2C3C4c5ccccc5C(c5ccccc54)C3C1C1C3c4ccccc4C(c4ccccc43)C21. The Labute approximate surface area is 223 Å². The molecule has 9 aliphatic carbocycles. The zero-order chi connectivity index (χ0) is 24.0. The average Bonchev–Trinajstić information content (AvgIpc) is 2.96. The molecule has 1 fully saturated rings. The second-order valence-electron chi connectivity index (χ2n) is 12.4. The van der Waals surface area contributed by atoms with Gasteiger partial charge < -0.3 is 0 Å². The van der Waals surface area contributed by atoms with Crippen molar-refractivity contribution < 1.29 is 0 Å². The van der Waals surface area contributed by atoms with E-state index in [1.165, 1.54) is 0 Å². The van der Waals surface area contributed by atoms with Crippen LogP contribution in [-0.4, -0.2) is 0 Å². The standard InChI is InChI=1S/C36H27Cl/c37-27-17-26-32-28-18-9-1-5-13-22(18)30(23-14-6-2-10-19(23)28)35(32)34(27)36-31-24-15-7-3-11-20(24)29(33(26)36)21-12-4-8-16-25(21)31/h1-17,26,28-36H. The summed E-state index contributed by atoms with van der Waals surface area (Å²) in [4.78, 5) is 0. The molecule has 0 aliphatic heterocycles. The van der Waals surface area contributed by atoms with Crippen LogP contribution in [0.4, 0.5) is 0 Å². The minimum absolute atomic E-state index is 0.421. The number of rotatable bonds is 0. The molecule has 0 radical (unpaired) electrons. The van der Waals surface area contributed by atoms with Gasteiger partial charge in [0.25, 0.3) is 0 Å². The quantitative estimate of drug-likeness (QED) is 0.230. The Bertz CT molecular complexity index is 1470. The molecule has 4 atom stereocenters. The smallest absolute Gasteiger partial charge is 0.0181 e. The van der Waals surface area contributed by atoms with Gasteiger partial charge in [0.1, 0.15) is 0 Å². The lowest BCUT2D eigenvalue weighted by Crippen LogP contribution is -2.61. The number of halogens is 1. The van der Waals surface area contributed by atoms with Gasteiger partial charge in [-0.1, -0.05) is 115 Å². The second kappa shape index (κ2) is 6.66. The van der Waals surface area contributed by atoms with Gasteiger partial charge in [-0.05, 0) is 74.1 Å². The topological polar surface area (TPSA) is 0 Å². The maximum atomic E-state index is 7.40. The average molecular weight is 495 g/mol. The van der Waals surface area contributed by atoms with E-state index in [0.29, 0.717) is 59.2 Å². The van der Waals surface area contributed by atoms with Gasteiger partial charge in [0.05, 0.1) is 0 Å². The molecule has 4 aromatic rings. The summed E-state index contributed by atoms with van der Waals surface area (Å²) < 4.78 is 0. The highest BCUT2D eigenvalue weighted by molar-refractivity contribution is 6.30. The van der Waals surface area contributed by atoms with Gasteiger partial charge in [-0.25, -0.2) is 0 Å². The summed E-state index contributed by atoms with van der Waals surface area (Å²) in [5.41, 5.74) is 12.6. The first kappa shape index (κ1) is 19.9. The lowest BCUT2D eigenvalue weighted by molar-refractivity contribution is -0.0497. The van der Waals surface area contributed by atoms with E-state index in [2.05, 4.69) is 103 Å². The molecule has 0 heterocycles. The van der Waals surface area contributed by atoms with E-state index in [0.717, 1.165) is 5.03 Å². The molecule has 0 nitrogen and oxygen atoms in total. The molecule has 0 saturated heterocycles. The normalized spacial score (nSPS) is 38.0. The fourth-order valence-electron chi connectivity index (χ4n) is 10.8. The largest absolute Gasteiger partial charge is 0.0892 e. The predicted octanol–water partition coefficient (Wildman–Crippen LogP) is 8.42. The van der Waals surface area contributed by atoms with Crippen LogP contribution in [0, 0.1) is 35.5 Å². The third-order valence-corrected chi connectivity index (χ3v) is 11.9. The van der Waals surface area contributed by atoms with E-state index in [4.69, 9.17) is 11.6 Å². The Morgan fingerprint density at radius 3 is 0.946 bits per heavy atom. The minimum atomic E-state index is 0.421. The molecule has 1 heteroatoms. The zero-order valence-corrected chi connectivity index (χ0v) is 21.2. The Morgan fingerprint density at radius 1 is 0.378 bits per heavy atom. The number of hydrogen-bond acceptors (Lipinski definition) is 0. The summed E-state index contributed by atoms with van der Waals surface area (Å²) in [5.74, 6) is 5.19. The molecule has 1 saturated carbocycles. The third kappa shape index (κ3) is 2.15. The van der Waals surface area contributed by atoms with Crippen LogP contribution in [0.2, 0.25) is 0 Å². The maximum Gasteiger partial charge on any atom is 0.0181 e. The molecule has 0 aromatic heterocycles. The Balaban J connectivity index is 1.26. The molecule has 0 spiro atoms. The predicted molar refractivity (Wildman–Crippen MR) is 148 cm³/mol. The monoisotopic (exact) mass is 494 g/mol.